The Hall–Kier alpha value is -2.32. The highest BCUT2D eigenvalue weighted by Crippen LogP contribution is 2.46. The highest BCUT2D eigenvalue weighted by atomic mass is 32.2. The van der Waals surface area contributed by atoms with E-state index in [0.717, 1.165) is 55.3 Å². The lowest BCUT2D eigenvalue weighted by atomic mass is 9.99. The first kappa shape index (κ1) is 17.8. The van der Waals surface area contributed by atoms with Gasteiger partial charge in [-0.15, -0.1) is 0 Å². The van der Waals surface area contributed by atoms with Crippen molar-refractivity contribution in [3.63, 3.8) is 0 Å². The summed E-state index contributed by atoms with van der Waals surface area (Å²) in [5, 5.41) is 12.5. The number of furan rings is 1. The zero-order valence-corrected chi connectivity index (χ0v) is 16.2. The monoisotopic (exact) mass is 402 g/mol. The molecule has 8 heteroatoms. The quantitative estimate of drug-likeness (QED) is 0.729. The third kappa shape index (κ3) is 2.91. The Morgan fingerprint density at radius 1 is 1.04 bits per heavy atom. The molecule has 1 aromatic heterocycles. The molecule has 28 heavy (non-hydrogen) atoms. The number of carbonyl (C=O) groups is 1. The summed E-state index contributed by atoms with van der Waals surface area (Å²) in [6.45, 7) is 0. The highest BCUT2D eigenvalue weighted by Gasteiger charge is 2.44. The van der Waals surface area contributed by atoms with Gasteiger partial charge in [0.1, 0.15) is 0 Å². The van der Waals surface area contributed by atoms with Crippen molar-refractivity contribution in [3.8, 4) is 0 Å². The van der Waals surface area contributed by atoms with E-state index in [1.807, 2.05) is 4.72 Å². The molecule has 5 rings (SSSR count). The Morgan fingerprint density at radius 2 is 1.68 bits per heavy atom. The summed E-state index contributed by atoms with van der Waals surface area (Å²) in [4.78, 5) is 12.5. The molecule has 0 unspecified atom stereocenters. The second-order valence-electron chi connectivity index (χ2n) is 7.98. The lowest BCUT2D eigenvalue weighted by Gasteiger charge is -2.16. The van der Waals surface area contributed by atoms with Crippen LogP contribution in [-0.2, 0) is 41.3 Å². The van der Waals surface area contributed by atoms with Crippen LogP contribution >= 0.6 is 0 Å². The molecule has 2 aromatic rings. The molecule has 1 heterocycles. The molecular weight excluding hydrogens is 380 g/mol. The number of hydrogen-bond donors (Lipinski definition) is 3. The van der Waals surface area contributed by atoms with Gasteiger partial charge < -0.3 is 14.8 Å². The Balaban J connectivity index is 1.38. The fourth-order valence-electron chi connectivity index (χ4n) is 4.39. The van der Waals surface area contributed by atoms with Gasteiger partial charge in [-0.2, -0.15) is 8.42 Å². The number of fused-ring (bicyclic) bond motifs is 2. The van der Waals surface area contributed by atoms with Gasteiger partial charge in [0.2, 0.25) is 5.09 Å². The van der Waals surface area contributed by atoms with Gasteiger partial charge in [0, 0.05) is 17.3 Å². The van der Waals surface area contributed by atoms with Crippen molar-refractivity contribution >= 4 is 21.7 Å². The maximum atomic E-state index is 12.5. The second kappa shape index (κ2) is 6.09. The summed E-state index contributed by atoms with van der Waals surface area (Å²) in [7, 11) is -4.16. The van der Waals surface area contributed by atoms with E-state index in [2.05, 4.69) is 11.4 Å². The predicted octanol–water partition coefficient (Wildman–Crippen LogP) is 2.75. The number of benzene rings is 1. The minimum absolute atomic E-state index is 0.374. The van der Waals surface area contributed by atoms with E-state index in [9.17, 15) is 18.3 Å². The van der Waals surface area contributed by atoms with Gasteiger partial charge in [-0.3, -0.25) is 0 Å². The van der Waals surface area contributed by atoms with Crippen molar-refractivity contribution in [2.24, 2.45) is 0 Å². The Kier molecular flexibility index (Phi) is 3.86. The zero-order valence-electron chi connectivity index (χ0n) is 15.4. The average Bonchev–Trinajstić information content (AvgIpc) is 3.13. The molecule has 0 aliphatic heterocycles. The second-order valence-corrected chi connectivity index (χ2v) is 9.59. The number of amides is 2. The lowest BCUT2D eigenvalue weighted by Crippen LogP contribution is -2.34. The van der Waals surface area contributed by atoms with Crippen molar-refractivity contribution in [2.75, 3.05) is 5.32 Å². The number of nitrogens with one attached hydrogen (secondary N) is 2. The Bertz CT molecular complexity index is 1050. The first-order chi connectivity index (χ1) is 13.4. The van der Waals surface area contributed by atoms with E-state index in [1.165, 1.54) is 23.5 Å². The molecule has 1 aromatic carbocycles. The largest absolute Gasteiger partial charge is 0.451 e. The van der Waals surface area contributed by atoms with E-state index >= 15 is 0 Å². The fraction of sp³-hybridized carbons (Fsp3) is 0.450. The molecule has 3 aliphatic rings. The molecule has 3 aliphatic carbocycles. The number of aliphatic hydroxyl groups is 1. The minimum atomic E-state index is -4.16. The topological polar surface area (TPSA) is 109 Å². The van der Waals surface area contributed by atoms with Crippen molar-refractivity contribution in [1.29, 1.82) is 0 Å². The standard InChI is InChI=1S/C20H22N2O5S/c23-19(22-28(25,26)17-10-14(11-27-17)20(24)7-8-20)21-18-15-5-1-3-12(15)9-13-4-2-6-16(13)18/h9-11,24H,1-8H2,(H2,21,22,23). The number of anilines is 1. The fourth-order valence-corrected chi connectivity index (χ4v) is 5.24. The van der Waals surface area contributed by atoms with Gasteiger partial charge in [-0.05, 0) is 73.6 Å². The minimum Gasteiger partial charge on any atom is -0.451 e. The number of urea groups is 1. The molecule has 0 atom stereocenters. The van der Waals surface area contributed by atoms with E-state index < -0.39 is 21.7 Å². The molecule has 1 fully saturated rings. The summed E-state index contributed by atoms with van der Waals surface area (Å²) in [6.07, 6.45) is 8.25. The normalized spacial score (nSPS) is 19.2. The third-order valence-electron chi connectivity index (χ3n) is 6.04. The first-order valence-electron chi connectivity index (χ1n) is 9.67. The van der Waals surface area contributed by atoms with Crippen molar-refractivity contribution in [2.45, 2.75) is 62.1 Å². The maximum absolute atomic E-state index is 12.5. The Labute approximate surface area is 163 Å². The molecule has 2 amide bonds. The van der Waals surface area contributed by atoms with Crippen LogP contribution in [0.15, 0.2) is 27.9 Å². The van der Waals surface area contributed by atoms with Gasteiger partial charge in [0.15, 0.2) is 0 Å². The molecule has 7 nitrogen and oxygen atoms in total. The van der Waals surface area contributed by atoms with Gasteiger partial charge >= 0.3 is 6.03 Å². The average molecular weight is 402 g/mol. The Morgan fingerprint density at radius 3 is 2.29 bits per heavy atom. The molecule has 0 bridgehead atoms. The van der Waals surface area contributed by atoms with E-state index in [1.54, 1.807) is 0 Å². The van der Waals surface area contributed by atoms with Gasteiger partial charge in [-0.25, -0.2) is 9.52 Å². The van der Waals surface area contributed by atoms with Crippen molar-refractivity contribution in [3.05, 3.63) is 46.2 Å². The summed E-state index contributed by atoms with van der Waals surface area (Å²) in [5.74, 6) is 0. The van der Waals surface area contributed by atoms with Gasteiger partial charge in [0.05, 0.1) is 11.9 Å². The number of hydrogen-bond acceptors (Lipinski definition) is 5. The molecule has 0 saturated heterocycles. The molecule has 0 radical (unpaired) electrons. The van der Waals surface area contributed by atoms with Crippen molar-refractivity contribution in [1.82, 2.24) is 4.72 Å². The van der Waals surface area contributed by atoms with Crippen LogP contribution in [-0.4, -0.2) is 19.6 Å². The third-order valence-corrected chi connectivity index (χ3v) is 7.24. The molecule has 0 spiro atoms. The predicted molar refractivity (Wildman–Crippen MR) is 102 cm³/mol. The van der Waals surface area contributed by atoms with E-state index in [4.69, 9.17) is 4.42 Å². The van der Waals surface area contributed by atoms with Crippen LogP contribution in [0.2, 0.25) is 0 Å². The van der Waals surface area contributed by atoms with Gasteiger partial charge in [-0.1, -0.05) is 6.07 Å². The zero-order chi connectivity index (χ0) is 19.5. The van der Waals surface area contributed by atoms with Crippen LogP contribution in [0.4, 0.5) is 10.5 Å². The van der Waals surface area contributed by atoms with Gasteiger partial charge in [0.25, 0.3) is 10.0 Å². The number of sulfonamides is 1. The number of aryl methyl sites for hydroxylation is 2. The van der Waals surface area contributed by atoms with Crippen molar-refractivity contribution < 1.29 is 22.7 Å². The number of rotatable bonds is 4. The molecule has 3 N–H and O–H groups in total. The van der Waals surface area contributed by atoms with Crippen LogP contribution in [0.25, 0.3) is 0 Å². The van der Waals surface area contributed by atoms with Crippen LogP contribution in [0.3, 0.4) is 0 Å². The SMILES string of the molecule is O=C(Nc1c2c(cc3c1CCC3)CCC2)NS(=O)(=O)c1cc(C2(O)CC2)co1. The van der Waals surface area contributed by atoms with Crippen LogP contribution in [0.5, 0.6) is 0 Å². The molecule has 1 saturated carbocycles. The van der Waals surface area contributed by atoms with E-state index in [0.29, 0.717) is 18.4 Å². The van der Waals surface area contributed by atoms with Crippen LogP contribution in [0.1, 0.15) is 53.5 Å². The first-order valence-corrected chi connectivity index (χ1v) is 11.2. The lowest BCUT2D eigenvalue weighted by molar-refractivity contribution is 0.150. The molecule has 148 valence electrons. The maximum Gasteiger partial charge on any atom is 0.333 e. The van der Waals surface area contributed by atoms with Crippen LogP contribution in [0, 0.1) is 0 Å². The summed E-state index contributed by atoms with van der Waals surface area (Å²) in [5.41, 5.74) is 4.98. The summed E-state index contributed by atoms with van der Waals surface area (Å²) < 4.78 is 32.2. The summed E-state index contributed by atoms with van der Waals surface area (Å²) >= 11 is 0. The smallest absolute Gasteiger partial charge is 0.333 e. The van der Waals surface area contributed by atoms with E-state index in [-0.39, 0.29) is 5.09 Å². The number of carbonyl (C=O) groups excluding carboxylic acids is 1. The summed E-state index contributed by atoms with van der Waals surface area (Å²) in [6, 6.07) is 2.73. The van der Waals surface area contributed by atoms with Crippen LogP contribution < -0.4 is 10.0 Å². The highest BCUT2D eigenvalue weighted by molar-refractivity contribution is 7.89. The molecular formula is C20H22N2O5S.